The number of phenols is 1. The molecule has 476 valence electrons. The van der Waals surface area contributed by atoms with Gasteiger partial charge >= 0.3 is 0 Å². The molecule has 3 aliphatic heterocycles. The number of nitrogens with zero attached hydrogens (tertiary/aromatic N) is 2. The van der Waals surface area contributed by atoms with Crippen molar-refractivity contribution in [1.29, 1.82) is 0 Å². The van der Waals surface area contributed by atoms with Crippen molar-refractivity contribution < 1.29 is 61.9 Å². The van der Waals surface area contributed by atoms with Crippen molar-refractivity contribution >= 4 is 93.4 Å². The molecule has 5 heterocycles. The Morgan fingerprint density at radius 3 is 2.07 bits per heavy atom. The van der Waals surface area contributed by atoms with Crippen molar-refractivity contribution in [3.05, 3.63) is 125 Å². The average Bonchev–Trinajstić information content (AvgIpc) is 3.58. The number of nitrogens with one attached hydrogen (secondary N) is 7. The SMILES string of the molecule is C[C@@H]1NC(=O)[C@@H]2CCCN2C(=O)[C@H](Cc2ccco2)NC(=O)[C@H](Cc2c[nH]c3ccc(F)cc23)CC(=O)CNC(=O)[C@H](CCCCN)NC(=O)CCSCc2cccc(c2)CSC[C@@H](C(N)=O)NC(=O)[C@@H]2CCCN2C(=O)[C@H](Cc2ccc(O)cc2)NC1=O. The number of hydrogen-bond donors (Lipinski definition) is 10. The summed E-state index contributed by atoms with van der Waals surface area (Å²) in [4.78, 5) is 147. The fourth-order valence-corrected chi connectivity index (χ4v) is 13.2. The Bertz CT molecular complexity index is 3330. The third-order valence-electron chi connectivity index (χ3n) is 16.1. The van der Waals surface area contributed by atoms with Gasteiger partial charge < -0.3 is 67.7 Å². The molecule has 0 saturated carbocycles. The van der Waals surface area contributed by atoms with Crippen molar-refractivity contribution in [2.45, 2.75) is 138 Å². The van der Waals surface area contributed by atoms with Gasteiger partial charge in [-0.2, -0.15) is 23.5 Å². The van der Waals surface area contributed by atoms with Crippen molar-refractivity contribution in [1.82, 2.24) is 46.7 Å². The summed E-state index contributed by atoms with van der Waals surface area (Å²) in [6, 6.07) is 12.9. The third kappa shape index (κ3) is 18.9. The highest BCUT2D eigenvalue weighted by atomic mass is 32.2. The van der Waals surface area contributed by atoms with Crippen LogP contribution in [0.1, 0.15) is 92.7 Å². The van der Waals surface area contributed by atoms with E-state index in [2.05, 4.69) is 36.9 Å². The number of nitrogens with two attached hydrogens (primary N) is 2. The number of carbonyl (C=O) groups is 10. The van der Waals surface area contributed by atoms with Crippen LogP contribution < -0.4 is 43.4 Å². The van der Waals surface area contributed by atoms with Crippen LogP contribution in [0.3, 0.4) is 0 Å². The summed E-state index contributed by atoms with van der Waals surface area (Å²) >= 11 is 2.88. The minimum Gasteiger partial charge on any atom is -0.508 e. The minimum absolute atomic E-state index is 0.0332. The van der Waals surface area contributed by atoms with Crippen molar-refractivity contribution in [2.75, 3.05) is 37.7 Å². The van der Waals surface area contributed by atoms with Crippen LogP contribution in [0.15, 0.2) is 95.7 Å². The number of aromatic amines is 1. The Balaban J connectivity index is 1.06. The van der Waals surface area contributed by atoms with Crippen LogP contribution in [0.2, 0.25) is 0 Å². The van der Waals surface area contributed by atoms with Crippen LogP contribution >= 0.6 is 23.5 Å². The highest BCUT2D eigenvalue weighted by Crippen LogP contribution is 2.27. The number of hydrogen-bond acceptors (Lipinski definition) is 15. The molecule has 2 aromatic heterocycles. The van der Waals surface area contributed by atoms with E-state index >= 15 is 0 Å². The number of aromatic nitrogens is 1. The Hall–Kier alpha value is -8.23. The van der Waals surface area contributed by atoms with Gasteiger partial charge in [-0.25, -0.2) is 4.39 Å². The maximum atomic E-state index is 14.9. The van der Waals surface area contributed by atoms with E-state index in [4.69, 9.17) is 15.9 Å². The Morgan fingerprint density at radius 2 is 1.39 bits per heavy atom. The van der Waals surface area contributed by atoms with E-state index in [1.165, 1.54) is 76.8 Å². The van der Waals surface area contributed by atoms with Gasteiger partial charge in [-0.05, 0) is 130 Å². The van der Waals surface area contributed by atoms with Gasteiger partial charge in [0.15, 0.2) is 5.78 Å². The lowest BCUT2D eigenvalue weighted by Gasteiger charge is -2.31. The van der Waals surface area contributed by atoms with Gasteiger partial charge in [-0.1, -0.05) is 36.4 Å². The number of fused-ring (bicyclic) bond motifs is 5. The predicted molar refractivity (Wildman–Crippen MR) is 333 cm³/mol. The molecule has 2 saturated heterocycles. The van der Waals surface area contributed by atoms with Crippen LogP contribution in [0.5, 0.6) is 5.75 Å². The van der Waals surface area contributed by atoms with E-state index in [0.717, 1.165) is 11.1 Å². The number of Topliss-reactive ketones (excluding diaryl/α,β-unsaturated/α-hetero) is 1. The maximum Gasteiger partial charge on any atom is 0.246 e. The number of amides is 9. The van der Waals surface area contributed by atoms with Crippen LogP contribution in [0.25, 0.3) is 10.9 Å². The first-order valence-electron chi connectivity index (χ1n) is 30.0. The third-order valence-corrected chi connectivity index (χ3v) is 18.2. The topological polar surface area (TPSA) is 351 Å². The molecule has 26 heteroatoms. The number of thioether (sulfide) groups is 2. The van der Waals surface area contributed by atoms with Crippen molar-refractivity contribution in [2.24, 2.45) is 17.4 Å². The van der Waals surface area contributed by atoms with Gasteiger partial charge in [0, 0.05) is 84.8 Å². The molecule has 8 atom stereocenters. The minimum atomic E-state index is -1.37. The molecule has 0 spiro atoms. The number of phenolic OH excluding ortho intramolecular Hbond substituents is 1. The number of carbonyl (C=O) groups excluding carboxylic acids is 10. The van der Waals surface area contributed by atoms with Gasteiger partial charge in [-0.15, -0.1) is 0 Å². The van der Waals surface area contributed by atoms with Crippen LogP contribution in [-0.2, 0) is 78.7 Å². The number of ketones is 1. The summed E-state index contributed by atoms with van der Waals surface area (Å²) in [5.74, 6) is -6.35. The standard InChI is InChI=1S/C63H78FN11O12S2/c1-37-57(80)71-50(27-38-14-17-44(76)18-15-38)62(85)75-23-6-13-54(75)61(84)73-52(56(66)79)36-89-35-40-9-4-8-39(26-40)34-88-25-20-55(78)70-49(11-2-3-21-65)59(82)68-33-45(77)29-41(28-42-32-67-48-19-16-43(64)30-47(42)48)58(81)72-51(31-46-10-7-24-87-46)63(86)74-22-5-12-53(74)60(83)69-37/h4,7-10,14-19,24,26,30,32,37,41,49-54,67,76H,2-3,5-6,11-13,20-23,25,27-29,31,33-36,65H2,1H3,(H2,66,79)(H,68,82)(H,69,83)(H,70,78)(H,71,80)(H,72,81)(H,73,84)/t37-,41+,49-,50-,51-,52-,53-,54-/m0/s1. The molecule has 5 aromatic rings. The molecule has 23 nitrogen and oxygen atoms in total. The van der Waals surface area contributed by atoms with Gasteiger partial charge in [0.2, 0.25) is 53.2 Å². The summed E-state index contributed by atoms with van der Waals surface area (Å²) in [6.45, 7) is 1.47. The van der Waals surface area contributed by atoms with E-state index in [9.17, 15) is 57.4 Å². The largest absolute Gasteiger partial charge is 0.508 e. The second-order valence-corrected chi connectivity index (χ2v) is 24.9. The van der Waals surface area contributed by atoms with E-state index < -0.39 is 120 Å². The molecular weight excluding hydrogens is 1190 g/mol. The number of benzene rings is 3. The molecular formula is C63H78FN11O12S2. The number of halogens is 1. The Labute approximate surface area is 523 Å². The summed E-state index contributed by atoms with van der Waals surface area (Å²) in [6.07, 6.45) is 4.78. The number of furan rings is 1. The molecule has 0 aliphatic carbocycles. The molecule has 0 radical (unpaired) electrons. The summed E-state index contributed by atoms with van der Waals surface area (Å²) < 4.78 is 20.3. The first kappa shape index (κ1) is 66.7. The normalized spacial score (nSPS) is 24.1. The van der Waals surface area contributed by atoms with Crippen molar-refractivity contribution in [3.63, 3.8) is 0 Å². The van der Waals surface area contributed by atoms with Gasteiger partial charge in [0.05, 0.1) is 12.8 Å². The fraction of sp³-hybridized carbons (Fsp3) is 0.460. The molecule has 2 bridgehead atoms. The van der Waals surface area contributed by atoms with E-state index in [0.29, 0.717) is 77.3 Å². The van der Waals surface area contributed by atoms with Crippen LogP contribution in [0.4, 0.5) is 4.39 Å². The molecule has 0 unspecified atom stereocenters. The molecule has 3 aliphatic rings. The summed E-state index contributed by atoms with van der Waals surface area (Å²) in [5.41, 5.74) is 15.1. The summed E-state index contributed by atoms with van der Waals surface area (Å²) in [7, 11) is 0. The highest BCUT2D eigenvalue weighted by molar-refractivity contribution is 7.98. The molecule has 3 aromatic carbocycles. The van der Waals surface area contributed by atoms with Crippen molar-refractivity contribution in [3.8, 4) is 5.75 Å². The quantitative estimate of drug-likeness (QED) is 0.0850. The Morgan fingerprint density at radius 1 is 0.719 bits per heavy atom. The highest BCUT2D eigenvalue weighted by Gasteiger charge is 2.42. The van der Waals surface area contributed by atoms with Gasteiger partial charge in [0.1, 0.15) is 59.6 Å². The number of unbranched alkanes of at least 4 members (excludes halogenated alkanes) is 1. The smallest absolute Gasteiger partial charge is 0.246 e. The Kier molecular flexibility index (Phi) is 24.2. The zero-order valence-corrected chi connectivity index (χ0v) is 51.2. The number of H-pyrrole nitrogens is 1. The fourth-order valence-electron chi connectivity index (χ4n) is 11.3. The monoisotopic (exact) mass is 1260 g/mol. The first-order chi connectivity index (χ1) is 42.8. The lowest BCUT2D eigenvalue weighted by Crippen LogP contribution is -2.59. The zero-order chi connectivity index (χ0) is 63.6. The van der Waals surface area contributed by atoms with Crippen LogP contribution in [-0.4, -0.2) is 159 Å². The molecule has 2 fully saturated rings. The molecule has 12 N–H and O–H groups in total. The maximum absolute atomic E-state index is 14.9. The van der Waals surface area contributed by atoms with E-state index in [-0.39, 0.29) is 75.4 Å². The lowest BCUT2D eigenvalue weighted by molar-refractivity contribution is -0.143. The van der Waals surface area contributed by atoms with Gasteiger partial charge in [-0.3, -0.25) is 47.9 Å². The van der Waals surface area contributed by atoms with E-state index in [1.807, 2.05) is 24.3 Å². The van der Waals surface area contributed by atoms with E-state index in [1.54, 1.807) is 30.5 Å². The second-order valence-electron chi connectivity index (χ2n) is 22.8. The van der Waals surface area contributed by atoms with Gasteiger partial charge in [0.25, 0.3) is 0 Å². The number of primary amides is 1. The molecule has 89 heavy (non-hydrogen) atoms. The zero-order valence-electron chi connectivity index (χ0n) is 49.6. The first-order valence-corrected chi connectivity index (χ1v) is 32.3. The second kappa shape index (κ2) is 32.3. The average molecular weight is 1260 g/mol. The van der Waals surface area contributed by atoms with Crippen LogP contribution in [0, 0.1) is 11.7 Å². The lowest BCUT2D eigenvalue weighted by atomic mass is 9.92. The molecule has 9 amide bonds. The molecule has 8 rings (SSSR count). The number of rotatable bonds is 11. The summed E-state index contributed by atoms with van der Waals surface area (Å²) in [5, 5.41) is 27.0. The number of aromatic hydroxyl groups is 1. The predicted octanol–water partition coefficient (Wildman–Crippen LogP) is 2.94.